The predicted molar refractivity (Wildman–Crippen MR) is 63.6 cm³/mol. The zero-order valence-electron chi connectivity index (χ0n) is 9.01. The van der Waals surface area contributed by atoms with Crippen LogP contribution in [0.2, 0.25) is 0 Å². The number of amides is 1. The third kappa shape index (κ3) is 3.25. The maximum Gasteiger partial charge on any atom is 0.282 e. The molecule has 2 heterocycles. The number of rotatable bonds is 5. The van der Waals surface area contributed by atoms with E-state index >= 15 is 0 Å². The van der Waals surface area contributed by atoms with Gasteiger partial charge in [-0.15, -0.1) is 10.2 Å². The van der Waals surface area contributed by atoms with Crippen molar-refractivity contribution < 1.29 is 4.79 Å². The summed E-state index contributed by atoms with van der Waals surface area (Å²) < 4.78 is 0. The smallest absolute Gasteiger partial charge is 0.282 e. The number of nitrogens with two attached hydrogens (primary N) is 1. The molecule has 0 unspecified atom stereocenters. The van der Waals surface area contributed by atoms with E-state index < -0.39 is 0 Å². The molecule has 2 aromatic rings. The number of nitrogens with zero attached hydrogens (tertiary/aromatic N) is 3. The van der Waals surface area contributed by atoms with Crippen molar-refractivity contribution in [2.24, 2.45) is 0 Å². The summed E-state index contributed by atoms with van der Waals surface area (Å²) in [5, 5.41) is 10.6. The van der Waals surface area contributed by atoms with Crippen LogP contribution in [0.4, 0.5) is 5.13 Å². The first-order valence-electron chi connectivity index (χ1n) is 5.11. The Kier molecular flexibility index (Phi) is 3.66. The molecule has 0 bridgehead atoms. The van der Waals surface area contributed by atoms with Crippen molar-refractivity contribution in [3.05, 3.63) is 23.2 Å². The zero-order chi connectivity index (χ0) is 12.1. The number of carbonyl (C=O) groups is 1. The number of nitrogen functional groups attached to an aromatic ring is 1. The Morgan fingerprint density at radius 2 is 2.41 bits per heavy atom. The molecule has 0 saturated carbocycles. The largest absolute Gasteiger partial charge is 0.374 e. The molecule has 2 rings (SSSR count). The molecule has 0 aliphatic heterocycles. The zero-order valence-corrected chi connectivity index (χ0v) is 9.83. The summed E-state index contributed by atoms with van der Waals surface area (Å²) in [4.78, 5) is 18.6. The van der Waals surface area contributed by atoms with Gasteiger partial charge in [0.15, 0.2) is 0 Å². The number of imidazole rings is 1. The van der Waals surface area contributed by atoms with E-state index in [4.69, 9.17) is 5.73 Å². The van der Waals surface area contributed by atoms with Gasteiger partial charge in [-0.25, -0.2) is 4.98 Å². The molecule has 7 nitrogen and oxygen atoms in total. The lowest BCUT2D eigenvalue weighted by molar-refractivity contribution is 0.0952. The number of hydrogen-bond donors (Lipinski definition) is 3. The van der Waals surface area contributed by atoms with Crippen molar-refractivity contribution in [3.63, 3.8) is 0 Å². The fraction of sp³-hybridized carbons (Fsp3) is 0.333. The van der Waals surface area contributed by atoms with Crippen molar-refractivity contribution >= 4 is 22.4 Å². The molecule has 0 aliphatic carbocycles. The number of carbonyl (C=O) groups excluding carboxylic acids is 1. The molecule has 0 atom stereocenters. The molecule has 8 heteroatoms. The van der Waals surface area contributed by atoms with Gasteiger partial charge in [0.25, 0.3) is 5.91 Å². The van der Waals surface area contributed by atoms with E-state index in [-0.39, 0.29) is 5.91 Å². The molecule has 0 fully saturated rings. The van der Waals surface area contributed by atoms with Crippen LogP contribution in [0, 0.1) is 0 Å². The lowest BCUT2D eigenvalue weighted by Gasteiger charge is -2.00. The molecule has 4 N–H and O–H groups in total. The van der Waals surface area contributed by atoms with Gasteiger partial charge in [0.05, 0.1) is 0 Å². The average Bonchev–Trinajstić information content (AvgIpc) is 2.95. The second-order valence-corrected chi connectivity index (χ2v) is 4.35. The first kappa shape index (κ1) is 11.5. The Hall–Kier alpha value is -1.96. The topological polar surface area (TPSA) is 110 Å². The number of H-pyrrole nitrogens is 1. The molecule has 0 aromatic carbocycles. The molecule has 2 aromatic heterocycles. The van der Waals surface area contributed by atoms with Gasteiger partial charge in [-0.05, 0) is 6.42 Å². The normalized spacial score (nSPS) is 10.4. The van der Waals surface area contributed by atoms with Crippen LogP contribution in [0.15, 0.2) is 12.4 Å². The maximum atomic E-state index is 11.5. The Balaban J connectivity index is 1.70. The summed E-state index contributed by atoms with van der Waals surface area (Å²) in [5.74, 6) is 0.679. The predicted octanol–water partition coefficient (Wildman–Crippen LogP) is 0.206. The number of aryl methyl sites for hydroxylation is 1. The second-order valence-electron chi connectivity index (χ2n) is 3.34. The number of aromatic nitrogens is 4. The van der Waals surface area contributed by atoms with Crippen LogP contribution in [-0.2, 0) is 6.42 Å². The van der Waals surface area contributed by atoms with Crippen LogP contribution in [0.3, 0.4) is 0 Å². The monoisotopic (exact) mass is 252 g/mol. The van der Waals surface area contributed by atoms with Crippen LogP contribution < -0.4 is 11.1 Å². The maximum absolute atomic E-state index is 11.5. The van der Waals surface area contributed by atoms with Crippen LogP contribution in [-0.4, -0.2) is 32.6 Å². The van der Waals surface area contributed by atoms with Crippen LogP contribution in [0.25, 0.3) is 0 Å². The van der Waals surface area contributed by atoms with Crippen molar-refractivity contribution in [2.45, 2.75) is 12.8 Å². The fourth-order valence-electron chi connectivity index (χ4n) is 1.29. The van der Waals surface area contributed by atoms with E-state index in [9.17, 15) is 4.79 Å². The molecule has 17 heavy (non-hydrogen) atoms. The molecule has 0 saturated heterocycles. The SMILES string of the molecule is Nc1nnc(C(=O)NCCCc2ncc[nH]2)s1. The minimum absolute atomic E-state index is 0.237. The third-order valence-corrected chi connectivity index (χ3v) is 2.82. The van der Waals surface area contributed by atoms with Gasteiger partial charge < -0.3 is 16.0 Å². The highest BCUT2D eigenvalue weighted by Gasteiger charge is 2.10. The lowest BCUT2D eigenvalue weighted by Crippen LogP contribution is -2.24. The Labute approximate surface area is 101 Å². The summed E-state index contributed by atoms with van der Waals surface area (Å²) in [7, 11) is 0. The van der Waals surface area contributed by atoms with Gasteiger partial charge >= 0.3 is 0 Å². The van der Waals surface area contributed by atoms with Gasteiger partial charge in [-0.1, -0.05) is 11.3 Å². The van der Waals surface area contributed by atoms with Crippen LogP contribution >= 0.6 is 11.3 Å². The average molecular weight is 252 g/mol. The van der Waals surface area contributed by atoms with Crippen molar-refractivity contribution in [1.29, 1.82) is 0 Å². The molecule has 0 spiro atoms. The quantitative estimate of drug-likeness (QED) is 0.659. The summed E-state index contributed by atoms with van der Waals surface area (Å²) >= 11 is 1.08. The first-order chi connectivity index (χ1) is 8.25. The number of hydrogen-bond acceptors (Lipinski definition) is 6. The minimum atomic E-state index is -0.237. The molecule has 90 valence electrons. The van der Waals surface area contributed by atoms with Crippen LogP contribution in [0.1, 0.15) is 22.0 Å². The number of aromatic amines is 1. The Morgan fingerprint density at radius 1 is 1.53 bits per heavy atom. The van der Waals surface area contributed by atoms with Gasteiger partial charge in [-0.2, -0.15) is 0 Å². The molecule has 0 radical (unpaired) electrons. The summed E-state index contributed by atoms with van der Waals surface area (Å²) in [5.41, 5.74) is 5.39. The molecule has 0 aliphatic rings. The summed E-state index contributed by atoms with van der Waals surface area (Å²) in [6, 6.07) is 0. The fourth-order valence-corrected chi connectivity index (χ4v) is 1.82. The highest BCUT2D eigenvalue weighted by atomic mass is 32.1. The van der Waals surface area contributed by atoms with E-state index in [0.29, 0.717) is 16.7 Å². The highest BCUT2D eigenvalue weighted by molar-refractivity contribution is 7.16. The van der Waals surface area contributed by atoms with Crippen molar-refractivity contribution in [3.8, 4) is 0 Å². The van der Waals surface area contributed by atoms with Gasteiger partial charge in [0.2, 0.25) is 10.1 Å². The second kappa shape index (κ2) is 5.39. The molecular formula is C9H12N6OS. The van der Waals surface area contributed by atoms with E-state index in [1.54, 1.807) is 12.4 Å². The van der Waals surface area contributed by atoms with E-state index in [1.165, 1.54) is 0 Å². The summed E-state index contributed by atoms with van der Waals surface area (Å²) in [6.07, 6.45) is 5.09. The number of anilines is 1. The van der Waals surface area contributed by atoms with Crippen molar-refractivity contribution in [1.82, 2.24) is 25.5 Å². The Bertz CT molecular complexity index is 479. The molecule has 1 amide bonds. The lowest BCUT2D eigenvalue weighted by atomic mass is 10.3. The van der Waals surface area contributed by atoms with Crippen molar-refractivity contribution in [2.75, 3.05) is 12.3 Å². The van der Waals surface area contributed by atoms with E-state index in [1.807, 2.05) is 0 Å². The highest BCUT2D eigenvalue weighted by Crippen LogP contribution is 2.10. The van der Waals surface area contributed by atoms with E-state index in [2.05, 4.69) is 25.5 Å². The number of nitrogens with one attached hydrogen (secondary N) is 2. The third-order valence-electron chi connectivity index (χ3n) is 2.07. The summed E-state index contributed by atoms with van der Waals surface area (Å²) in [6.45, 7) is 0.568. The van der Waals surface area contributed by atoms with Gasteiger partial charge in [0, 0.05) is 25.4 Å². The van der Waals surface area contributed by atoms with Crippen LogP contribution in [0.5, 0.6) is 0 Å². The Morgan fingerprint density at radius 3 is 3.06 bits per heavy atom. The first-order valence-corrected chi connectivity index (χ1v) is 5.93. The van der Waals surface area contributed by atoms with Gasteiger partial charge in [0.1, 0.15) is 5.82 Å². The minimum Gasteiger partial charge on any atom is -0.374 e. The van der Waals surface area contributed by atoms with Gasteiger partial charge in [-0.3, -0.25) is 4.79 Å². The standard InChI is InChI=1S/C9H12N6OS/c10-9-15-14-8(17-9)7(16)13-3-1-2-6-11-4-5-12-6/h4-5H,1-3H2,(H2,10,15)(H,11,12)(H,13,16). The molecular weight excluding hydrogens is 240 g/mol. The van der Waals surface area contributed by atoms with E-state index in [0.717, 1.165) is 30.0 Å².